The average molecular weight is 426 g/mol. The highest BCUT2D eigenvalue weighted by Gasteiger charge is 2.18. The van der Waals surface area contributed by atoms with Crippen LogP contribution in [-0.2, 0) is 23.8 Å². The van der Waals surface area contributed by atoms with Crippen molar-refractivity contribution in [2.75, 3.05) is 30.4 Å². The van der Waals surface area contributed by atoms with Gasteiger partial charge in [-0.2, -0.15) is 12.6 Å². The largest absolute Gasteiger partial charge is 0.511 e. The zero-order chi connectivity index (χ0) is 19.9. The summed E-state index contributed by atoms with van der Waals surface area (Å²) in [5, 5.41) is 2.49. The molecule has 0 saturated heterocycles. The molecule has 0 aromatic heterocycles. The second-order valence-corrected chi connectivity index (χ2v) is 8.32. The van der Waals surface area contributed by atoms with Gasteiger partial charge < -0.3 is 25.3 Å². The van der Waals surface area contributed by atoms with E-state index in [1.165, 1.54) is 6.92 Å². The molecule has 8 nitrogen and oxygen atoms in total. The third-order valence-electron chi connectivity index (χ3n) is 2.86. The van der Waals surface area contributed by atoms with E-state index in [9.17, 15) is 14.4 Å². The van der Waals surface area contributed by atoms with Gasteiger partial charge in [-0.1, -0.05) is 21.6 Å². The van der Waals surface area contributed by atoms with Crippen molar-refractivity contribution in [3.8, 4) is 0 Å². The van der Waals surface area contributed by atoms with Gasteiger partial charge in [-0.25, -0.2) is 4.79 Å². The second-order valence-electron chi connectivity index (χ2n) is 5.32. The Kier molecular flexibility index (Phi) is 14.9. The van der Waals surface area contributed by atoms with E-state index >= 15 is 0 Å². The first-order valence-electron chi connectivity index (χ1n) is 8.21. The molecular formula is C14H27BN2O6S3. The van der Waals surface area contributed by atoms with Crippen molar-refractivity contribution >= 4 is 60.1 Å². The molecule has 0 bridgehead atoms. The molecule has 0 saturated carbocycles. The van der Waals surface area contributed by atoms with Crippen LogP contribution in [0.5, 0.6) is 0 Å². The summed E-state index contributed by atoms with van der Waals surface area (Å²) in [6.45, 7) is 2.86. The molecule has 0 spiro atoms. The van der Waals surface area contributed by atoms with Gasteiger partial charge in [-0.3, -0.25) is 9.59 Å². The van der Waals surface area contributed by atoms with Crippen LogP contribution in [0.1, 0.15) is 20.3 Å². The Hall–Kier alpha value is -0.715. The fourth-order valence-corrected chi connectivity index (χ4v) is 4.42. The van der Waals surface area contributed by atoms with Crippen LogP contribution in [-0.4, -0.2) is 68.6 Å². The maximum absolute atomic E-state index is 11.9. The molecule has 0 fully saturated rings. The van der Waals surface area contributed by atoms with Crippen molar-refractivity contribution in [2.45, 2.75) is 38.4 Å². The average Bonchev–Trinajstić information content (AvgIpc) is 2.56. The Morgan fingerprint density at radius 3 is 2.50 bits per heavy atom. The number of amides is 1. The first-order chi connectivity index (χ1) is 12.3. The van der Waals surface area contributed by atoms with Crippen molar-refractivity contribution in [3.05, 3.63) is 0 Å². The third kappa shape index (κ3) is 13.5. The molecule has 0 aliphatic rings. The number of hydrogen-bond donors (Lipinski definition) is 3. The second kappa shape index (κ2) is 15.4. The van der Waals surface area contributed by atoms with E-state index in [2.05, 4.69) is 27.4 Å². The molecule has 0 heterocycles. The zero-order valence-electron chi connectivity index (χ0n) is 15.3. The van der Waals surface area contributed by atoms with Crippen molar-refractivity contribution in [1.29, 1.82) is 0 Å². The first-order valence-corrected chi connectivity index (χ1v) is 11.3. The van der Waals surface area contributed by atoms with Crippen LogP contribution in [0, 0.1) is 0 Å². The Balaban J connectivity index is 3.90. The smallest absolute Gasteiger partial charge is 0.435 e. The van der Waals surface area contributed by atoms with Crippen LogP contribution in [0.25, 0.3) is 0 Å². The predicted molar refractivity (Wildman–Crippen MR) is 110 cm³/mol. The Bertz CT molecular complexity index is 447. The monoisotopic (exact) mass is 426 g/mol. The maximum atomic E-state index is 11.9. The van der Waals surface area contributed by atoms with E-state index in [0.29, 0.717) is 5.75 Å². The minimum absolute atomic E-state index is 0.0997. The summed E-state index contributed by atoms with van der Waals surface area (Å²) in [6.07, 6.45) is -1.16. The minimum Gasteiger partial charge on any atom is -0.435 e. The summed E-state index contributed by atoms with van der Waals surface area (Å²) in [4.78, 5) is 34.6. The molecule has 150 valence electrons. The van der Waals surface area contributed by atoms with Gasteiger partial charge in [-0.15, -0.1) is 0 Å². The molecular weight excluding hydrogens is 399 g/mol. The Morgan fingerprint density at radius 2 is 1.88 bits per heavy atom. The van der Waals surface area contributed by atoms with Gasteiger partial charge in [0.15, 0.2) is 0 Å². The summed E-state index contributed by atoms with van der Waals surface area (Å²) in [5.41, 5.74) is 5.88. The number of hydrogen-bond acceptors (Lipinski definition) is 10. The maximum Gasteiger partial charge on any atom is 0.511 e. The molecule has 12 heteroatoms. The number of nitrogens with two attached hydrogens (primary N) is 1. The molecule has 0 aromatic rings. The summed E-state index contributed by atoms with van der Waals surface area (Å²) in [6, 6.07) is 0.0997. The molecule has 0 rings (SSSR count). The van der Waals surface area contributed by atoms with Gasteiger partial charge in [-0.05, 0) is 19.1 Å². The van der Waals surface area contributed by atoms with Crippen LogP contribution in [0.4, 0.5) is 4.79 Å². The molecule has 1 unspecified atom stereocenters. The highest BCUT2D eigenvalue weighted by molar-refractivity contribution is 8.76. The van der Waals surface area contributed by atoms with E-state index in [1.54, 1.807) is 36.4 Å². The number of carbonyl (C=O) groups excluding carboxylic acids is 3. The van der Waals surface area contributed by atoms with Crippen molar-refractivity contribution in [1.82, 2.24) is 5.32 Å². The zero-order valence-corrected chi connectivity index (χ0v) is 17.8. The van der Waals surface area contributed by atoms with Gasteiger partial charge in [0.2, 0.25) is 12.2 Å². The minimum atomic E-state index is -1.09. The number of ether oxygens (including phenoxy) is 3. The lowest BCUT2D eigenvalue weighted by molar-refractivity contribution is -0.167. The fourth-order valence-electron chi connectivity index (χ4n) is 1.48. The molecule has 3 atom stereocenters. The number of thiol groups is 1. The van der Waals surface area contributed by atoms with E-state index in [1.807, 2.05) is 0 Å². The van der Waals surface area contributed by atoms with Crippen molar-refractivity contribution < 1.29 is 28.6 Å². The Morgan fingerprint density at radius 1 is 1.23 bits per heavy atom. The summed E-state index contributed by atoms with van der Waals surface area (Å²) >= 11 is 4.13. The highest BCUT2D eigenvalue weighted by atomic mass is 33.1. The normalized spacial score (nSPS) is 14.0. The quantitative estimate of drug-likeness (QED) is 0.0973. The number of esters is 1. The van der Waals surface area contributed by atoms with E-state index in [0.717, 1.165) is 17.9 Å². The lowest BCUT2D eigenvalue weighted by Gasteiger charge is -2.15. The number of nitrogens with one attached hydrogen (secondary N) is 1. The summed E-state index contributed by atoms with van der Waals surface area (Å²) in [5.74, 6) is 0.918. The standard InChI is InChI=1S/C14H27BN2O6S3/c1-3-21-14(20)23-9(2)22-12(18)6-17-13(19)11(15)8-26-25-7-10(16)4-5-24/h9-11,24H,3-8,15-16H2,1-2H3,(H,17,19)/t9?,10-,11+/m0/s1. The molecule has 3 N–H and O–H groups in total. The molecule has 0 aromatic carbocycles. The lowest BCUT2D eigenvalue weighted by atomic mass is 9.89. The lowest BCUT2D eigenvalue weighted by Crippen LogP contribution is -2.35. The van der Waals surface area contributed by atoms with Crippen molar-refractivity contribution in [3.63, 3.8) is 0 Å². The number of carbonyl (C=O) groups is 3. The van der Waals surface area contributed by atoms with Gasteiger partial charge in [0.1, 0.15) is 14.4 Å². The van der Waals surface area contributed by atoms with Gasteiger partial charge >= 0.3 is 12.1 Å². The molecule has 0 radical (unpaired) electrons. The highest BCUT2D eigenvalue weighted by Crippen LogP contribution is 2.25. The van der Waals surface area contributed by atoms with Crippen LogP contribution < -0.4 is 11.1 Å². The molecule has 26 heavy (non-hydrogen) atoms. The number of rotatable bonds is 13. The predicted octanol–water partition coefficient (Wildman–Crippen LogP) is 0.615. The Labute approximate surface area is 168 Å². The van der Waals surface area contributed by atoms with Gasteiger partial charge in [0, 0.05) is 30.3 Å². The van der Waals surface area contributed by atoms with Crippen LogP contribution >= 0.6 is 34.2 Å². The molecule has 0 aliphatic carbocycles. The van der Waals surface area contributed by atoms with Crippen LogP contribution in [0.3, 0.4) is 0 Å². The fraction of sp³-hybridized carbons (Fsp3) is 0.786. The summed E-state index contributed by atoms with van der Waals surface area (Å²) < 4.78 is 14.1. The van der Waals surface area contributed by atoms with Crippen LogP contribution in [0.15, 0.2) is 0 Å². The van der Waals surface area contributed by atoms with Gasteiger partial charge in [0.05, 0.1) is 6.61 Å². The van der Waals surface area contributed by atoms with Crippen molar-refractivity contribution in [2.24, 2.45) is 5.73 Å². The summed E-state index contributed by atoms with van der Waals surface area (Å²) in [7, 11) is 4.95. The van der Waals surface area contributed by atoms with E-state index in [-0.39, 0.29) is 30.9 Å². The van der Waals surface area contributed by atoms with E-state index < -0.39 is 18.4 Å². The topological polar surface area (TPSA) is 117 Å². The molecule has 0 aliphatic heterocycles. The molecule has 1 amide bonds. The van der Waals surface area contributed by atoms with E-state index in [4.69, 9.17) is 10.5 Å². The first kappa shape index (κ1) is 25.3. The van der Waals surface area contributed by atoms with Gasteiger partial charge in [0.25, 0.3) is 0 Å². The third-order valence-corrected chi connectivity index (χ3v) is 5.80. The van der Waals surface area contributed by atoms with Crippen LogP contribution in [0.2, 0.25) is 5.82 Å². The SMILES string of the molecule is B[C@H](CSSC[C@@H](N)CCS)C(=O)NCC(=O)OC(C)OC(=O)OCC.